The Morgan fingerprint density at radius 2 is 1.90 bits per heavy atom. The van der Waals surface area contributed by atoms with Gasteiger partial charge in [0.25, 0.3) is 0 Å². The van der Waals surface area contributed by atoms with E-state index in [0.29, 0.717) is 5.56 Å². The first-order valence-electron chi connectivity index (χ1n) is 8.66. The van der Waals surface area contributed by atoms with Gasteiger partial charge in [-0.3, -0.25) is 4.79 Å². The zero-order valence-electron chi connectivity index (χ0n) is 15.2. The normalized spacial score (nSPS) is 11.0. The molecule has 0 atom stereocenters. The first-order valence-corrected chi connectivity index (χ1v) is 8.66. The number of nitrogens with one attached hydrogen (secondary N) is 1. The van der Waals surface area contributed by atoms with Crippen molar-refractivity contribution in [3.63, 3.8) is 0 Å². The number of anilines is 1. The highest BCUT2D eigenvalue weighted by molar-refractivity contribution is 5.89. The maximum atomic E-state index is 14.1. The molecule has 0 radical (unpaired) electrons. The van der Waals surface area contributed by atoms with Crippen LogP contribution in [0.5, 0.6) is 0 Å². The van der Waals surface area contributed by atoms with Crippen molar-refractivity contribution in [2.45, 2.75) is 6.54 Å². The molecule has 11 heteroatoms. The van der Waals surface area contributed by atoms with E-state index in [-0.39, 0.29) is 34.9 Å². The van der Waals surface area contributed by atoms with Crippen LogP contribution in [0.15, 0.2) is 42.7 Å². The average molecular weight is 414 g/mol. The molecule has 4 rings (SSSR count). The van der Waals surface area contributed by atoms with E-state index in [0.717, 1.165) is 12.4 Å². The predicted octanol–water partition coefficient (Wildman–Crippen LogP) is 2.85. The minimum Gasteiger partial charge on any atom is -0.480 e. The second kappa shape index (κ2) is 7.78. The Hall–Kier alpha value is -4.02. The van der Waals surface area contributed by atoms with E-state index in [2.05, 4.69) is 25.4 Å². The van der Waals surface area contributed by atoms with Crippen molar-refractivity contribution in [3.05, 3.63) is 65.7 Å². The summed E-state index contributed by atoms with van der Waals surface area (Å²) in [6, 6.07) is 7.27. The molecule has 4 aromatic rings. The number of pyridine rings is 1. The number of carboxylic acid groups (broad SMARTS) is 1. The second-order valence-electron chi connectivity index (χ2n) is 6.26. The van der Waals surface area contributed by atoms with Crippen LogP contribution in [0.3, 0.4) is 0 Å². The molecule has 0 aliphatic heterocycles. The minimum atomic E-state index is -1.21. The number of hydrogen-bond donors (Lipinski definition) is 2. The van der Waals surface area contributed by atoms with Crippen molar-refractivity contribution in [2.24, 2.45) is 0 Å². The van der Waals surface area contributed by atoms with Gasteiger partial charge >= 0.3 is 5.97 Å². The summed E-state index contributed by atoms with van der Waals surface area (Å²) >= 11 is 0. The Labute approximate surface area is 167 Å². The van der Waals surface area contributed by atoms with Gasteiger partial charge in [-0.25, -0.2) is 32.8 Å². The van der Waals surface area contributed by atoms with Crippen molar-refractivity contribution in [3.8, 4) is 11.5 Å². The summed E-state index contributed by atoms with van der Waals surface area (Å²) in [5.41, 5.74) is 0.678. The minimum absolute atomic E-state index is 0.00707. The average Bonchev–Trinajstić information content (AvgIpc) is 3.06. The van der Waals surface area contributed by atoms with Crippen LogP contribution >= 0.6 is 0 Å². The summed E-state index contributed by atoms with van der Waals surface area (Å²) in [5, 5.41) is 15.7. The lowest BCUT2D eigenvalue weighted by molar-refractivity contribution is -0.134. The number of halogens is 3. The zero-order valence-corrected chi connectivity index (χ0v) is 15.2. The Bertz CT molecular complexity index is 1260. The Morgan fingerprint density at radius 1 is 1.10 bits per heavy atom. The van der Waals surface area contributed by atoms with Gasteiger partial charge in [-0.1, -0.05) is 18.2 Å². The first kappa shape index (κ1) is 19.3. The van der Waals surface area contributed by atoms with Crippen LogP contribution in [-0.4, -0.2) is 42.4 Å². The number of aromatic nitrogens is 5. The first-order chi connectivity index (χ1) is 14.4. The topological polar surface area (TPSA) is 106 Å². The van der Waals surface area contributed by atoms with Gasteiger partial charge in [-0.2, -0.15) is 5.10 Å². The highest BCUT2D eigenvalue weighted by atomic mass is 19.1. The van der Waals surface area contributed by atoms with E-state index in [1.54, 1.807) is 18.2 Å². The highest BCUT2D eigenvalue weighted by Gasteiger charge is 2.19. The molecule has 0 saturated carbocycles. The van der Waals surface area contributed by atoms with Crippen LogP contribution in [0.25, 0.3) is 22.6 Å². The van der Waals surface area contributed by atoms with Crippen molar-refractivity contribution < 1.29 is 23.1 Å². The summed E-state index contributed by atoms with van der Waals surface area (Å²) in [6.45, 7) is -0.556. The number of rotatable bonds is 6. The quantitative estimate of drug-likeness (QED) is 0.500. The molecule has 0 saturated heterocycles. The molecule has 30 heavy (non-hydrogen) atoms. The third kappa shape index (κ3) is 3.77. The largest absolute Gasteiger partial charge is 0.480 e. The zero-order chi connectivity index (χ0) is 21.3. The number of aliphatic carboxylic acids is 1. The van der Waals surface area contributed by atoms with Gasteiger partial charge in [0.2, 0.25) is 0 Å². The predicted molar refractivity (Wildman–Crippen MR) is 100 cm³/mol. The molecule has 8 nitrogen and oxygen atoms in total. The standard InChI is InChI=1S/C19H13F3N6O2/c20-11-5-12-16(18-23-7-14(22)17(26-18)24-8-15(29)30)27-28(19(12)25-6-11)9-10-3-1-2-4-13(10)21/h1-7H,8-9H2,(H,29,30)(H,23,24,26). The number of carboxylic acids is 1. The van der Waals surface area contributed by atoms with Crippen LogP contribution in [0.4, 0.5) is 19.0 Å². The smallest absolute Gasteiger partial charge is 0.322 e. The fraction of sp³-hybridized carbons (Fsp3) is 0.105. The summed E-state index contributed by atoms with van der Waals surface area (Å²) in [6.07, 6.45) is 1.85. The van der Waals surface area contributed by atoms with E-state index >= 15 is 0 Å². The molecule has 1 aromatic carbocycles. The molecule has 2 N–H and O–H groups in total. The van der Waals surface area contributed by atoms with Crippen molar-refractivity contribution in [1.82, 2.24) is 24.7 Å². The van der Waals surface area contributed by atoms with E-state index < -0.39 is 30.0 Å². The lowest BCUT2D eigenvalue weighted by atomic mass is 10.2. The van der Waals surface area contributed by atoms with Crippen LogP contribution in [0, 0.1) is 17.5 Å². The molecule has 152 valence electrons. The summed E-state index contributed by atoms with van der Waals surface area (Å²) in [7, 11) is 0. The molecular weight excluding hydrogens is 401 g/mol. The second-order valence-corrected chi connectivity index (χ2v) is 6.26. The van der Waals surface area contributed by atoms with Gasteiger partial charge in [-0.15, -0.1) is 0 Å². The Morgan fingerprint density at radius 3 is 2.67 bits per heavy atom. The van der Waals surface area contributed by atoms with Crippen LogP contribution in [0.2, 0.25) is 0 Å². The molecule has 3 aromatic heterocycles. The van der Waals surface area contributed by atoms with Gasteiger partial charge in [0.15, 0.2) is 23.1 Å². The van der Waals surface area contributed by atoms with Gasteiger partial charge in [0.05, 0.1) is 24.3 Å². The van der Waals surface area contributed by atoms with Gasteiger partial charge < -0.3 is 10.4 Å². The third-order valence-corrected chi connectivity index (χ3v) is 4.19. The van der Waals surface area contributed by atoms with Crippen molar-refractivity contribution in [1.29, 1.82) is 0 Å². The fourth-order valence-electron chi connectivity index (χ4n) is 2.86. The van der Waals surface area contributed by atoms with E-state index in [1.807, 2.05) is 0 Å². The maximum Gasteiger partial charge on any atom is 0.322 e. The molecule has 0 bridgehead atoms. The van der Waals surface area contributed by atoms with Crippen LogP contribution in [-0.2, 0) is 11.3 Å². The SMILES string of the molecule is O=C(O)CNc1nc(-c2nn(Cc3ccccc3F)c3ncc(F)cc23)ncc1F. The van der Waals surface area contributed by atoms with E-state index in [9.17, 15) is 18.0 Å². The number of fused-ring (bicyclic) bond motifs is 1. The van der Waals surface area contributed by atoms with E-state index in [1.165, 1.54) is 16.8 Å². The summed E-state index contributed by atoms with van der Waals surface area (Å²) in [4.78, 5) is 22.6. The number of carbonyl (C=O) groups is 1. The molecule has 0 aliphatic rings. The maximum absolute atomic E-state index is 14.1. The van der Waals surface area contributed by atoms with Crippen LogP contribution in [0.1, 0.15) is 5.56 Å². The van der Waals surface area contributed by atoms with E-state index in [4.69, 9.17) is 5.11 Å². The van der Waals surface area contributed by atoms with Crippen molar-refractivity contribution >= 4 is 22.8 Å². The lowest BCUT2D eigenvalue weighted by Crippen LogP contribution is -2.15. The Balaban J connectivity index is 1.81. The van der Waals surface area contributed by atoms with Gasteiger partial charge in [0.1, 0.15) is 23.9 Å². The molecule has 0 amide bonds. The fourth-order valence-corrected chi connectivity index (χ4v) is 2.86. The third-order valence-electron chi connectivity index (χ3n) is 4.19. The number of nitrogens with zero attached hydrogens (tertiary/aromatic N) is 5. The summed E-state index contributed by atoms with van der Waals surface area (Å²) in [5.74, 6) is -3.57. The van der Waals surface area contributed by atoms with Gasteiger partial charge in [0, 0.05) is 5.56 Å². The van der Waals surface area contributed by atoms with Gasteiger partial charge in [-0.05, 0) is 12.1 Å². The Kier molecular flexibility index (Phi) is 5.00. The molecule has 0 aliphatic carbocycles. The molecular formula is C19H13F3N6O2. The van der Waals surface area contributed by atoms with Crippen LogP contribution < -0.4 is 5.32 Å². The molecule has 0 spiro atoms. The molecule has 0 unspecified atom stereocenters. The molecule has 0 fully saturated rings. The molecule has 3 heterocycles. The highest BCUT2D eigenvalue weighted by Crippen LogP contribution is 2.27. The van der Waals surface area contributed by atoms with Crippen molar-refractivity contribution in [2.75, 3.05) is 11.9 Å². The monoisotopic (exact) mass is 414 g/mol. The number of benzene rings is 1. The lowest BCUT2D eigenvalue weighted by Gasteiger charge is -2.05. The number of hydrogen-bond acceptors (Lipinski definition) is 6. The summed E-state index contributed by atoms with van der Waals surface area (Å²) < 4.78 is 43.2.